The van der Waals surface area contributed by atoms with Gasteiger partial charge in [-0.15, -0.1) is 0 Å². The van der Waals surface area contributed by atoms with Gasteiger partial charge in [-0.2, -0.15) is 0 Å². The maximum atomic E-state index is 11.8. The van der Waals surface area contributed by atoms with Gasteiger partial charge in [-0.3, -0.25) is 9.79 Å². The second-order valence-corrected chi connectivity index (χ2v) is 5.74. The van der Waals surface area contributed by atoms with Crippen LogP contribution in [0.15, 0.2) is 46.0 Å². The number of benzene rings is 1. The molecule has 146 valence electrons. The number of hydrogen-bond acceptors (Lipinski definition) is 5. The molecule has 2 N–H and O–H groups in total. The fourth-order valence-corrected chi connectivity index (χ4v) is 2.54. The monoisotopic (exact) mass is 374 g/mol. The van der Waals surface area contributed by atoms with E-state index in [0.717, 1.165) is 17.1 Å². The lowest BCUT2D eigenvalue weighted by Gasteiger charge is -2.23. The second kappa shape index (κ2) is 10.1. The summed E-state index contributed by atoms with van der Waals surface area (Å²) in [4.78, 5) is 18.1. The Morgan fingerprint density at radius 1 is 1.19 bits per heavy atom. The fraction of sp³-hybridized carbons (Fsp3) is 0.368. The molecule has 0 saturated carbocycles. The molecule has 1 amide bonds. The van der Waals surface area contributed by atoms with Gasteiger partial charge in [0.15, 0.2) is 11.7 Å². The molecule has 2 aromatic rings. The van der Waals surface area contributed by atoms with Crippen molar-refractivity contribution in [2.75, 3.05) is 41.4 Å². The van der Waals surface area contributed by atoms with Crippen LogP contribution in [0, 0.1) is 0 Å². The highest BCUT2D eigenvalue weighted by atomic mass is 16.5. The second-order valence-electron chi connectivity index (χ2n) is 5.74. The van der Waals surface area contributed by atoms with Crippen molar-refractivity contribution in [2.24, 2.45) is 4.99 Å². The summed E-state index contributed by atoms with van der Waals surface area (Å²) in [5, 5.41) is 6.00. The van der Waals surface area contributed by atoms with Crippen LogP contribution in [0.25, 0.3) is 0 Å². The Morgan fingerprint density at radius 2 is 1.96 bits per heavy atom. The highest BCUT2D eigenvalue weighted by Gasteiger charge is 2.12. The van der Waals surface area contributed by atoms with Crippen molar-refractivity contribution in [3.8, 4) is 11.5 Å². The third-order valence-electron chi connectivity index (χ3n) is 3.91. The number of guanidine groups is 1. The number of carbonyl (C=O) groups is 1. The number of methoxy groups -OCH3 is 2. The zero-order chi connectivity index (χ0) is 19.6. The predicted molar refractivity (Wildman–Crippen MR) is 103 cm³/mol. The van der Waals surface area contributed by atoms with Gasteiger partial charge >= 0.3 is 0 Å². The van der Waals surface area contributed by atoms with Gasteiger partial charge in [-0.25, -0.2) is 0 Å². The number of ether oxygens (including phenoxy) is 2. The van der Waals surface area contributed by atoms with Crippen molar-refractivity contribution < 1.29 is 18.7 Å². The third-order valence-corrected chi connectivity index (χ3v) is 3.91. The highest BCUT2D eigenvalue weighted by Crippen LogP contribution is 2.25. The Bertz CT molecular complexity index is 759. The molecule has 8 heteroatoms. The van der Waals surface area contributed by atoms with Gasteiger partial charge in [0.2, 0.25) is 0 Å². The van der Waals surface area contributed by atoms with E-state index in [1.165, 1.54) is 6.26 Å². The molecule has 2 rings (SSSR count). The number of nitrogens with zero attached hydrogens (tertiary/aromatic N) is 2. The summed E-state index contributed by atoms with van der Waals surface area (Å²) >= 11 is 0. The smallest absolute Gasteiger partial charge is 0.287 e. The quantitative estimate of drug-likeness (QED) is 0.416. The minimum atomic E-state index is -0.242. The number of nitrogens with one attached hydrogen (secondary N) is 2. The van der Waals surface area contributed by atoms with Gasteiger partial charge in [0, 0.05) is 45.4 Å². The number of aliphatic imine (C=N–C) groups is 1. The topological polar surface area (TPSA) is 88.3 Å². The number of carbonyl (C=O) groups excluding carboxylic acids is 1. The van der Waals surface area contributed by atoms with E-state index in [0.29, 0.717) is 31.4 Å². The van der Waals surface area contributed by atoms with Gasteiger partial charge < -0.3 is 29.4 Å². The van der Waals surface area contributed by atoms with Crippen LogP contribution in [0.2, 0.25) is 0 Å². The third kappa shape index (κ3) is 5.67. The first-order chi connectivity index (χ1) is 13.1. The summed E-state index contributed by atoms with van der Waals surface area (Å²) in [6.07, 6.45) is 1.47. The van der Waals surface area contributed by atoms with Gasteiger partial charge in [-0.1, -0.05) is 0 Å². The molecule has 0 radical (unpaired) electrons. The lowest BCUT2D eigenvalue weighted by atomic mass is 10.2. The van der Waals surface area contributed by atoms with Crippen LogP contribution in [0.1, 0.15) is 16.1 Å². The summed E-state index contributed by atoms with van der Waals surface area (Å²) < 4.78 is 15.7. The number of amides is 1. The number of hydrogen-bond donors (Lipinski definition) is 2. The van der Waals surface area contributed by atoms with Crippen molar-refractivity contribution >= 4 is 11.9 Å². The molecule has 0 spiro atoms. The van der Waals surface area contributed by atoms with Crippen LogP contribution >= 0.6 is 0 Å². The maximum absolute atomic E-state index is 11.8. The molecule has 0 unspecified atom stereocenters. The van der Waals surface area contributed by atoms with Crippen molar-refractivity contribution in [1.82, 2.24) is 15.5 Å². The van der Waals surface area contributed by atoms with Crippen LogP contribution in [0.3, 0.4) is 0 Å². The van der Waals surface area contributed by atoms with Crippen molar-refractivity contribution in [1.29, 1.82) is 0 Å². The van der Waals surface area contributed by atoms with Crippen LogP contribution in [0.5, 0.6) is 11.5 Å². The Hall–Kier alpha value is -3.16. The van der Waals surface area contributed by atoms with E-state index in [9.17, 15) is 4.79 Å². The Morgan fingerprint density at radius 3 is 2.59 bits per heavy atom. The minimum Gasteiger partial charge on any atom is -0.497 e. The minimum absolute atomic E-state index is 0.242. The largest absolute Gasteiger partial charge is 0.497 e. The molecule has 1 aromatic carbocycles. The summed E-state index contributed by atoms with van der Waals surface area (Å²) in [7, 11) is 6.90. The summed E-state index contributed by atoms with van der Waals surface area (Å²) in [5.74, 6) is 2.26. The van der Waals surface area contributed by atoms with Crippen molar-refractivity contribution in [2.45, 2.75) is 6.54 Å². The van der Waals surface area contributed by atoms with Gasteiger partial charge in [0.25, 0.3) is 5.91 Å². The average Bonchev–Trinajstić information content (AvgIpc) is 3.23. The van der Waals surface area contributed by atoms with Crippen LogP contribution in [-0.2, 0) is 6.54 Å². The van der Waals surface area contributed by atoms with E-state index in [1.807, 2.05) is 30.1 Å². The van der Waals surface area contributed by atoms with E-state index in [1.54, 1.807) is 33.4 Å². The average molecular weight is 374 g/mol. The molecule has 0 aliphatic rings. The van der Waals surface area contributed by atoms with E-state index in [2.05, 4.69) is 15.6 Å². The summed E-state index contributed by atoms with van der Waals surface area (Å²) in [5.41, 5.74) is 1.01. The lowest BCUT2D eigenvalue weighted by molar-refractivity contribution is 0.0926. The Balaban J connectivity index is 1.85. The lowest BCUT2D eigenvalue weighted by Crippen LogP contribution is -2.42. The molecule has 0 aliphatic heterocycles. The first-order valence-corrected chi connectivity index (χ1v) is 8.53. The molecule has 0 fully saturated rings. The normalized spacial score (nSPS) is 11.0. The molecule has 0 saturated heterocycles. The van der Waals surface area contributed by atoms with Crippen LogP contribution in [0.4, 0.5) is 0 Å². The van der Waals surface area contributed by atoms with E-state index < -0.39 is 0 Å². The van der Waals surface area contributed by atoms with E-state index >= 15 is 0 Å². The predicted octanol–water partition coefficient (Wildman–Crippen LogP) is 1.73. The zero-order valence-electron chi connectivity index (χ0n) is 16.1. The zero-order valence-corrected chi connectivity index (χ0v) is 16.1. The molecule has 0 bridgehead atoms. The molecule has 0 aliphatic carbocycles. The summed E-state index contributed by atoms with van der Waals surface area (Å²) in [6.45, 7) is 1.58. The molecule has 0 atom stereocenters. The maximum Gasteiger partial charge on any atom is 0.287 e. The van der Waals surface area contributed by atoms with E-state index in [-0.39, 0.29) is 5.91 Å². The molecule has 27 heavy (non-hydrogen) atoms. The molecule has 1 heterocycles. The van der Waals surface area contributed by atoms with Gasteiger partial charge in [0.1, 0.15) is 11.5 Å². The van der Waals surface area contributed by atoms with Gasteiger partial charge in [-0.05, 0) is 24.3 Å². The summed E-state index contributed by atoms with van der Waals surface area (Å²) in [6, 6.07) is 9.01. The number of rotatable bonds is 8. The Labute approximate surface area is 159 Å². The number of furan rings is 1. The molecular weight excluding hydrogens is 348 g/mol. The fourth-order valence-electron chi connectivity index (χ4n) is 2.54. The standard InChI is InChI=1S/C19H26N4O4/c1-20-19(22-10-9-21-18(24)16-6-5-11-27-16)23(2)13-14-7-8-15(25-3)12-17(14)26-4/h5-8,11-12H,9-10,13H2,1-4H3,(H,20,22)(H,21,24). The first kappa shape index (κ1) is 20.2. The van der Waals surface area contributed by atoms with E-state index in [4.69, 9.17) is 13.9 Å². The molecule has 8 nitrogen and oxygen atoms in total. The molecule has 1 aromatic heterocycles. The van der Waals surface area contributed by atoms with Crippen LogP contribution in [-0.4, -0.2) is 58.2 Å². The molecular formula is C19H26N4O4. The van der Waals surface area contributed by atoms with Gasteiger partial charge in [0.05, 0.1) is 20.5 Å². The van der Waals surface area contributed by atoms with Crippen molar-refractivity contribution in [3.63, 3.8) is 0 Å². The Kier molecular flexibility index (Phi) is 7.54. The SMILES string of the molecule is CN=C(NCCNC(=O)c1ccco1)N(C)Cc1ccc(OC)cc1OC. The highest BCUT2D eigenvalue weighted by molar-refractivity contribution is 5.91. The van der Waals surface area contributed by atoms with Crippen LogP contribution < -0.4 is 20.1 Å². The van der Waals surface area contributed by atoms with Crippen molar-refractivity contribution in [3.05, 3.63) is 47.9 Å². The first-order valence-electron chi connectivity index (χ1n) is 8.53.